The number of nitrogens with two attached hydrogens (primary N) is 1. The first kappa shape index (κ1) is 24.6. The molecule has 2 heterocycles. The van der Waals surface area contributed by atoms with Crippen LogP contribution in [0.5, 0.6) is 0 Å². The van der Waals surface area contributed by atoms with Crippen molar-refractivity contribution in [2.75, 3.05) is 11.1 Å². The lowest BCUT2D eigenvalue weighted by Gasteiger charge is -2.10. The summed E-state index contributed by atoms with van der Waals surface area (Å²) in [5.74, 6) is -0.711. The molecule has 2 aromatic heterocycles. The Bertz CT molecular complexity index is 1720. The maximum atomic E-state index is 14.5. The minimum atomic E-state index is -0.512. The van der Waals surface area contributed by atoms with Gasteiger partial charge in [-0.25, -0.2) is 19.0 Å². The fraction of sp³-hybridized carbons (Fsp3) is 0.103. The van der Waals surface area contributed by atoms with E-state index in [-0.39, 0.29) is 11.4 Å². The molecule has 0 radical (unpaired) electrons. The van der Waals surface area contributed by atoms with Gasteiger partial charge in [-0.3, -0.25) is 14.3 Å². The highest BCUT2D eigenvalue weighted by atomic mass is 19.1. The van der Waals surface area contributed by atoms with Crippen molar-refractivity contribution in [2.24, 2.45) is 7.05 Å². The van der Waals surface area contributed by atoms with Crippen LogP contribution in [0.4, 0.5) is 15.9 Å². The van der Waals surface area contributed by atoms with Crippen molar-refractivity contribution in [3.8, 4) is 28.2 Å². The zero-order valence-electron chi connectivity index (χ0n) is 21.1. The van der Waals surface area contributed by atoms with E-state index < -0.39 is 17.3 Å². The smallest absolute Gasteiger partial charge is 0.284 e. The molecule has 0 bridgehead atoms. The van der Waals surface area contributed by atoms with Gasteiger partial charge in [0.25, 0.3) is 11.5 Å². The minimum absolute atomic E-state index is 0.0587. The number of nitrogens with one attached hydrogen (secondary N) is 1. The molecule has 8 nitrogen and oxygen atoms in total. The third-order valence-corrected chi connectivity index (χ3v) is 6.40. The molecule has 0 fully saturated rings. The number of aromatic nitrogens is 4. The molecule has 0 atom stereocenters. The second kappa shape index (κ2) is 9.78. The molecule has 190 valence electrons. The minimum Gasteiger partial charge on any atom is -0.382 e. The monoisotopic (exact) mass is 508 g/mol. The maximum Gasteiger partial charge on any atom is 0.284 e. The SMILES string of the molecule is Cc1ccc(-c2cnc(N)c(-c3ccc(NC(=O)c4c(C)n(C)n(-c5ccccc5)c4=O)cc3)n2)c(F)c1. The van der Waals surface area contributed by atoms with Crippen molar-refractivity contribution in [1.82, 2.24) is 19.3 Å². The Balaban J connectivity index is 1.41. The van der Waals surface area contributed by atoms with Crippen molar-refractivity contribution in [1.29, 1.82) is 0 Å². The molecule has 0 spiro atoms. The molecule has 0 unspecified atom stereocenters. The van der Waals surface area contributed by atoms with Crippen LogP contribution >= 0.6 is 0 Å². The second-order valence-electron chi connectivity index (χ2n) is 8.94. The van der Waals surface area contributed by atoms with Crippen LogP contribution in [0.25, 0.3) is 28.2 Å². The topological polar surface area (TPSA) is 108 Å². The Kier molecular flexibility index (Phi) is 6.34. The third kappa shape index (κ3) is 4.45. The van der Waals surface area contributed by atoms with Crippen LogP contribution in [0.2, 0.25) is 0 Å². The zero-order valence-corrected chi connectivity index (χ0v) is 21.1. The lowest BCUT2D eigenvalue weighted by Crippen LogP contribution is -2.25. The predicted octanol–water partition coefficient (Wildman–Crippen LogP) is 4.89. The lowest BCUT2D eigenvalue weighted by molar-refractivity contribution is 0.102. The van der Waals surface area contributed by atoms with Crippen molar-refractivity contribution in [3.63, 3.8) is 0 Å². The van der Waals surface area contributed by atoms with Gasteiger partial charge in [-0.2, -0.15) is 0 Å². The lowest BCUT2D eigenvalue weighted by atomic mass is 10.1. The first-order chi connectivity index (χ1) is 18.2. The van der Waals surface area contributed by atoms with Gasteiger partial charge in [0, 0.05) is 23.9 Å². The summed E-state index contributed by atoms with van der Waals surface area (Å²) in [6.07, 6.45) is 1.44. The van der Waals surface area contributed by atoms with Crippen LogP contribution in [-0.4, -0.2) is 25.2 Å². The average Bonchev–Trinajstić information content (AvgIpc) is 3.13. The van der Waals surface area contributed by atoms with E-state index in [4.69, 9.17) is 5.73 Å². The van der Waals surface area contributed by atoms with Gasteiger partial charge in [-0.05, 0) is 55.8 Å². The fourth-order valence-electron chi connectivity index (χ4n) is 4.30. The summed E-state index contributed by atoms with van der Waals surface area (Å²) in [6.45, 7) is 3.54. The Morgan fingerprint density at radius 3 is 2.39 bits per heavy atom. The summed E-state index contributed by atoms with van der Waals surface area (Å²) >= 11 is 0. The molecule has 0 aliphatic heterocycles. The summed E-state index contributed by atoms with van der Waals surface area (Å²) in [6, 6.07) is 20.8. The third-order valence-electron chi connectivity index (χ3n) is 6.40. The highest BCUT2D eigenvalue weighted by Crippen LogP contribution is 2.28. The van der Waals surface area contributed by atoms with E-state index in [0.29, 0.717) is 39.6 Å². The predicted molar refractivity (Wildman–Crippen MR) is 146 cm³/mol. The largest absolute Gasteiger partial charge is 0.382 e. The second-order valence-corrected chi connectivity index (χ2v) is 8.94. The van der Waals surface area contributed by atoms with E-state index in [1.54, 1.807) is 67.2 Å². The number of benzene rings is 3. The van der Waals surface area contributed by atoms with Gasteiger partial charge < -0.3 is 11.1 Å². The Hall–Kier alpha value is -5.05. The van der Waals surface area contributed by atoms with Crippen LogP contribution in [-0.2, 0) is 7.05 Å². The van der Waals surface area contributed by atoms with Crippen LogP contribution in [0, 0.1) is 19.7 Å². The molecule has 5 rings (SSSR count). The van der Waals surface area contributed by atoms with Crippen molar-refractivity contribution >= 4 is 17.4 Å². The molecule has 1 amide bonds. The number of rotatable bonds is 5. The number of aryl methyl sites for hydroxylation is 1. The van der Waals surface area contributed by atoms with Crippen molar-refractivity contribution in [3.05, 3.63) is 112 Å². The number of halogens is 1. The number of para-hydroxylation sites is 1. The molecule has 3 N–H and O–H groups in total. The van der Waals surface area contributed by atoms with Gasteiger partial charge in [-0.1, -0.05) is 36.4 Å². The fourth-order valence-corrected chi connectivity index (χ4v) is 4.30. The molecular formula is C29H25FN6O2. The number of carbonyl (C=O) groups excluding carboxylic acids is 1. The summed E-state index contributed by atoms with van der Waals surface area (Å²) in [5.41, 5.74) is 9.94. The highest BCUT2D eigenvalue weighted by Gasteiger charge is 2.22. The number of nitrogen functional groups attached to an aromatic ring is 1. The summed E-state index contributed by atoms with van der Waals surface area (Å²) in [7, 11) is 1.73. The number of nitrogens with zero attached hydrogens (tertiary/aromatic N) is 4. The first-order valence-electron chi connectivity index (χ1n) is 11.9. The summed E-state index contributed by atoms with van der Waals surface area (Å²) in [5, 5.41) is 2.79. The van der Waals surface area contributed by atoms with Crippen LogP contribution < -0.4 is 16.6 Å². The molecule has 3 aromatic carbocycles. The van der Waals surface area contributed by atoms with E-state index in [0.717, 1.165) is 5.56 Å². The number of carbonyl (C=O) groups is 1. The van der Waals surface area contributed by atoms with Gasteiger partial charge in [0.15, 0.2) is 0 Å². The standard InChI is InChI=1S/C29H25FN6O2/c1-17-9-14-22(23(30)15-17)24-16-32-27(31)26(34-24)19-10-12-20(13-11-19)33-28(37)25-18(2)35(3)36(29(25)38)21-7-5-4-6-8-21/h4-16H,1-3H3,(H2,31,32)(H,33,37). The molecule has 0 saturated heterocycles. The van der Waals surface area contributed by atoms with E-state index in [1.807, 2.05) is 25.1 Å². The van der Waals surface area contributed by atoms with Crippen molar-refractivity contribution < 1.29 is 9.18 Å². The van der Waals surface area contributed by atoms with Gasteiger partial charge in [0.05, 0.1) is 23.3 Å². The number of amides is 1. The van der Waals surface area contributed by atoms with Crippen LogP contribution in [0.3, 0.4) is 0 Å². The van der Waals surface area contributed by atoms with Gasteiger partial charge in [-0.15, -0.1) is 0 Å². The van der Waals surface area contributed by atoms with Gasteiger partial charge in [0.2, 0.25) is 0 Å². The molecule has 38 heavy (non-hydrogen) atoms. The normalized spacial score (nSPS) is 10.9. The van der Waals surface area contributed by atoms with Crippen LogP contribution in [0.1, 0.15) is 21.6 Å². The molecule has 9 heteroatoms. The van der Waals surface area contributed by atoms with E-state index in [2.05, 4.69) is 15.3 Å². The maximum absolute atomic E-state index is 14.5. The van der Waals surface area contributed by atoms with Crippen molar-refractivity contribution in [2.45, 2.75) is 13.8 Å². The molecule has 0 saturated carbocycles. The van der Waals surface area contributed by atoms with E-state index >= 15 is 0 Å². The quantitative estimate of drug-likeness (QED) is 0.351. The van der Waals surface area contributed by atoms with E-state index in [1.165, 1.54) is 16.9 Å². The van der Waals surface area contributed by atoms with Gasteiger partial charge >= 0.3 is 0 Å². The summed E-state index contributed by atoms with van der Waals surface area (Å²) in [4.78, 5) is 35.0. The summed E-state index contributed by atoms with van der Waals surface area (Å²) < 4.78 is 17.6. The number of anilines is 2. The van der Waals surface area contributed by atoms with Gasteiger partial charge in [0.1, 0.15) is 22.9 Å². The molecular weight excluding hydrogens is 483 g/mol. The van der Waals surface area contributed by atoms with Crippen LogP contribution in [0.15, 0.2) is 83.8 Å². The number of hydrogen-bond acceptors (Lipinski definition) is 5. The number of hydrogen-bond donors (Lipinski definition) is 2. The molecule has 5 aromatic rings. The Labute approximate surface area is 218 Å². The average molecular weight is 509 g/mol. The molecule has 0 aliphatic carbocycles. The first-order valence-corrected chi connectivity index (χ1v) is 11.9. The Morgan fingerprint density at radius 1 is 1.00 bits per heavy atom. The Morgan fingerprint density at radius 2 is 1.71 bits per heavy atom. The zero-order chi connectivity index (χ0) is 27.0. The highest BCUT2D eigenvalue weighted by molar-refractivity contribution is 6.05. The van der Waals surface area contributed by atoms with E-state index in [9.17, 15) is 14.0 Å². The molecule has 0 aliphatic rings.